The van der Waals surface area contributed by atoms with Gasteiger partial charge in [0.05, 0.1) is 13.2 Å². The van der Waals surface area contributed by atoms with Crippen molar-refractivity contribution < 1.29 is 9.13 Å². The number of ether oxygens (including phenoxy) is 1. The van der Waals surface area contributed by atoms with Crippen LogP contribution in [0.1, 0.15) is 12.5 Å². The number of benzene rings is 1. The second-order valence-corrected chi connectivity index (χ2v) is 7.01. The monoisotopic (exact) mass is 400 g/mol. The molecular formula is C15H18BrFN4OS. The Morgan fingerprint density at radius 1 is 1.30 bits per heavy atom. The molecule has 0 N–H and O–H groups in total. The fourth-order valence-electron chi connectivity index (χ4n) is 2.46. The lowest BCUT2D eigenvalue weighted by molar-refractivity contribution is 0.121. The van der Waals surface area contributed by atoms with Gasteiger partial charge in [0.25, 0.3) is 0 Å². The van der Waals surface area contributed by atoms with E-state index in [1.807, 2.05) is 0 Å². The van der Waals surface area contributed by atoms with Crippen LogP contribution in [-0.2, 0) is 17.0 Å². The van der Waals surface area contributed by atoms with Crippen molar-refractivity contribution in [3.8, 4) is 0 Å². The minimum atomic E-state index is -0.198. The zero-order valence-electron chi connectivity index (χ0n) is 12.8. The molecule has 0 atom stereocenters. The molecule has 8 heteroatoms. The van der Waals surface area contributed by atoms with Gasteiger partial charge in [0.2, 0.25) is 5.95 Å². The topological polar surface area (TPSA) is 43.2 Å². The summed E-state index contributed by atoms with van der Waals surface area (Å²) >= 11 is 4.88. The molecule has 0 amide bonds. The van der Waals surface area contributed by atoms with Crippen molar-refractivity contribution in [3.05, 3.63) is 34.1 Å². The molecule has 1 aliphatic heterocycles. The van der Waals surface area contributed by atoms with Gasteiger partial charge in [-0.3, -0.25) is 4.57 Å². The van der Waals surface area contributed by atoms with Crippen LogP contribution in [0.2, 0.25) is 0 Å². The molecule has 0 spiro atoms. The molecule has 1 aliphatic rings. The molecule has 0 unspecified atom stereocenters. The Morgan fingerprint density at radius 3 is 2.83 bits per heavy atom. The van der Waals surface area contributed by atoms with Gasteiger partial charge in [0.15, 0.2) is 5.16 Å². The third-order valence-corrected chi connectivity index (χ3v) is 5.18. The highest BCUT2D eigenvalue weighted by molar-refractivity contribution is 9.10. The van der Waals surface area contributed by atoms with Gasteiger partial charge in [0, 0.05) is 29.9 Å². The molecule has 1 aromatic heterocycles. The van der Waals surface area contributed by atoms with Crippen LogP contribution in [0.15, 0.2) is 27.8 Å². The van der Waals surface area contributed by atoms with Gasteiger partial charge in [-0.15, -0.1) is 10.2 Å². The second kappa shape index (κ2) is 7.63. The summed E-state index contributed by atoms with van der Waals surface area (Å²) in [6.07, 6.45) is 0. The van der Waals surface area contributed by atoms with Crippen molar-refractivity contribution in [3.63, 3.8) is 0 Å². The maximum atomic E-state index is 13.9. The van der Waals surface area contributed by atoms with Gasteiger partial charge in [-0.2, -0.15) is 0 Å². The minimum absolute atomic E-state index is 0.198. The van der Waals surface area contributed by atoms with Crippen LogP contribution >= 0.6 is 27.7 Å². The average Bonchev–Trinajstić information content (AvgIpc) is 2.99. The summed E-state index contributed by atoms with van der Waals surface area (Å²) in [4.78, 5) is 2.18. The van der Waals surface area contributed by atoms with E-state index in [4.69, 9.17) is 4.74 Å². The van der Waals surface area contributed by atoms with Crippen LogP contribution in [0.3, 0.4) is 0 Å². The summed E-state index contributed by atoms with van der Waals surface area (Å²) in [6.45, 7) is 5.91. The molecule has 23 heavy (non-hydrogen) atoms. The zero-order valence-corrected chi connectivity index (χ0v) is 15.2. The van der Waals surface area contributed by atoms with Crippen molar-refractivity contribution in [1.82, 2.24) is 14.8 Å². The summed E-state index contributed by atoms with van der Waals surface area (Å²) in [6, 6.07) is 4.98. The Labute approximate surface area is 147 Å². The Hall–Kier alpha value is -1.12. The molecule has 124 valence electrons. The number of nitrogens with zero attached hydrogens (tertiary/aromatic N) is 4. The SMILES string of the molecule is CCn1c(SCc2cc(Br)ccc2F)nnc1N1CCOCC1. The fourth-order valence-corrected chi connectivity index (χ4v) is 3.84. The third-order valence-electron chi connectivity index (χ3n) is 3.67. The van der Waals surface area contributed by atoms with Crippen LogP contribution in [0.5, 0.6) is 0 Å². The van der Waals surface area contributed by atoms with Crippen LogP contribution < -0.4 is 4.90 Å². The Balaban J connectivity index is 1.75. The molecular weight excluding hydrogens is 383 g/mol. The first-order chi connectivity index (χ1) is 11.2. The normalized spacial score (nSPS) is 15.2. The zero-order chi connectivity index (χ0) is 16.2. The summed E-state index contributed by atoms with van der Waals surface area (Å²) in [5.74, 6) is 1.19. The van der Waals surface area contributed by atoms with Gasteiger partial charge in [-0.25, -0.2) is 4.39 Å². The van der Waals surface area contributed by atoms with E-state index < -0.39 is 0 Å². The van der Waals surface area contributed by atoms with Crippen molar-refractivity contribution in [2.24, 2.45) is 0 Å². The van der Waals surface area contributed by atoms with E-state index >= 15 is 0 Å². The molecule has 0 saturated carbocycles. The minimum Gasteiger partial charge on any atom is -0.378 e. The number of halogens is 2. The molecule has 2 heterocycles. The van der Waals surface area contributed by atoms with Crippen molar-refractivity contribution >= 4 is 33.6 Å². The molecule has 1 fully saturated rings. The predicted octanol–water partition coefficient (Wildman–Crippen LogP) is 3.33. The standard InChI is InChI=1S/C15H18BrFN4OS/c1-2-21-14(20-5-7-22-8-6-20)18-19-15(21)23-10-11-9-12(16)3-4-13(11)17/h3-4,9H,2,5-8,10H2,1H3. The number of anilines is 1. The number of thioether (sulfide) groups is 1. The van der Waals surface area contributed by atoms with Crippen LogP contribution in [0.4, 0.5) is 10.3 Å². The van der Waals surface area contributed by atoms with E-state index in [1.165, 1.54) is 17.8 Å². The van der Waals surface area contributed by atoms with Gasteiger partial charge in [-0.1, -0.05) is 27.7 Å². The smallest absolute Gasteiger partial charge is 0.228 e. The number of hydrogen-bond acceptors (Lipinski definition) is 5. The molecule has 1 saturated heterocycles. The van der Waals surface area contributed by atoms with Crippen LogP contribution in [0.25, 0.3) is 0 Å². The van der Waals surface area contributed by atoms with E-state index in [2.05, 4.69) is 42.5 Å². The van der Waals surface area contributed by atoms with Gasteiger partial charge in [-0.05, 0) is 30.7 Å². The second-order valence-electron chi connectivity index (χ2n) is 5.15. The summed E-state index contributed by atoms with van der Waals surface area (Å²) in [5.41, 5.74) is 0.656. The van der Waals surface area contributed by atoms with E-state index in [1.54, 1.807) is 12.1 Å². The van der Waals surface area contributed by atoms with E-state index in [9.17, 15) is 4.39 Å². The van der Waals surface area contributed by atoms with Gasteiger partial charge >= 0.3 is 0 Å². The highest BCUT2D eigenvalue weighted by Crippen LogP contribution is 2.27. The summed E-state index contributed by atoms with van der Waals surface area (Å²) < 4.78 is 22.2. The average molecular weight is 401 g/mol. The lowest BCUT2D eigenvalue weighted by Gasteiger charge is -2.27. The molecule has 0 radical (unpaired) electrons. The highest BCUT2D eigenvalue weighted by atomic mass is 79.9. The Morgan fingerprint density at radius 2 is 2.09 bits per heavy atom. The number of hydrogen-bond donors (Lipinski definition) is 0. The van der Waals surface area contributed by atoms with E-state index in [-0.39, 0.29) is 5.82 Å². The lowest BCUT2D eigenvalue weighted by Crippen LogP contribution is -2.38. The van der Waals surface area contributed by atoms with Crippen molar-refractivity contribution in [1.29, 1.82) is 0 Å². The Bertz CT molecular complexity index is 675. The van der Waals surface area contributed by atoms with E-state index in [0.29, 0.717) is 24.5 Å². The molecule has 1 aromatic carbocycles. The van der Waals surface area contributed by atoms with Crippen molar-refractivity contribution in [2.45, 2.75) is 24.4 Å². The Kier molecular flexibility index (Phi) is 5.55. The molecule has 5 nitrogen and oxygen atoms in total. The van der Waals surface area contributed by atoms with E-state index in [0.717, 1.165) is 35.2 Å². The molecule has 0 bridgehead atoms. The van der Waals surface area contributed by atoms with Gasteiger partial charge in [0.1, 0.15) is 5.82 Å². The molecule has 2 aromatic rings. The molecule has 3 rings (SSSR count). The first kappa shape index (κ1) is 16.7. The first-order valence-corrected chi connectivity index (χ1v) is 9.29. The van der Waals surface area contributed by atoms with Gasteiger partial charge < -0.3 is 9.64 Å². The molecule has 0 aliphatic carbocycles. The number of morpholine rings is 1. The predicted molar refractivity (Wildman–Crippen MR) is 92.4 cm³/mol. The van der Waals surface area contributed by atoms with Crippen LogP contribution in [-0.4, -0.2) is 41.1 Å². The number of rotatable bonds is 5. The van der Waals surface area contributed by atoms with Crippen LogP contribution in [0, 0.1) is 5.82 Å². The summed E-state index contributed by atoms with van der Waals surface area (Å²) in [5, 5.41) is 9.42. The maximum Gasteiger partial charge on any atom is 0.228 e. The number of aromatic nitrogens is 3. The largest absolute Gasteiger partial charge is 0.378 e. The van der Waals surface area contributed by atoms with Crippen molar-refractivity contribution in [2.75, 3.05) is 31.2 Å². The first-order valence-electron chi connectivity index (χ1n) is 7.51. The third kappa shape index (κ3) is 3.87. The lowest BCUT2D eigenvalue weighted by atomic mass is 10.2. The highest BCUT2D eigenvalue weighted by Gasteiger charge is 2.20. The maximum absolute atomic E-state index is 13.9. The fraction of sp³-hybridized carbons (Fsp3) is 0.467. The summed E-state index contributed by atoms with van der Waals surface area (Å²) in [7, 11) is 0. The quantitative estimate of drug-likeness (QED) is 0.720.